The topological polar surface area (TPSA) is 42.1 Å². The number of pyridine rings is 1. The van der Waals surface area contributed by atoms with Gasteiger partial charge in [-0.15, -0.1) is 0 Å². The van der Waals surface area contributed by atoms with E-state index < -0.39 is 0 Å². The van der Waals surface area contributed by atoms with Gasteiger partial charge in [-0.05, 0) is 37.9 Å². The maximum Gasteiger partial charge on any atom is 0.0705 e. The molecule has 1 aliphatic rings. The molecule has 1 fully saturated rings. The van der Waals surface area contributed by atoms with E-state index in [4.69, 9.17) is 10.7 Å². The molecule has 2 heterocycles. The van der Waals surface area contributed by atoms with Gasteiger partial charge in [0, 0.05) is 24.5 Å². The molecule has 1 aromatic heterocycles. The van der Waals surface area contributed by atoms with E-state index in [1.807, 2.05) is 6.07 Å². The summed E-state index contributed by atoms with van der Waals surface area (Å²) in [5, 5.41) is 1.21. The lowest BCUT2D eigenvalue weighted by molar-refractivity contribution is 0.253. The highest BCUT2D eigenvalue weighted by molar-refractivity contribution is 5.78. The molecule has 0 amide bonds. The molecule has 3 nitrogen and oxygen atoms in total. The Labute approximate surface area is 114 Å². The molecule has 2 unspecified atom stereocenters. The van der Waals surface area contributed by atoms with E-state index in [9.17, 15) is 0 Å². The number of fused-ring (bicyclic) bond motifs is 1. The Balaban J connectivity index is 1.78. The third-order valence-electron chi connectivity index (χ3n) is 4.15. The average molecular weight is 255 g/mol. The van der Waals surface area contributed by atoms with Gasteiger partial charge in [-0.3, -0.25) is 9.88 Å². The molecule has 2 aromatic rings. The maximum atomic E-state index is 5.78. The van der Waals surface area contributed by atoms with Crippen molar-refractivity contribution in [1.82, 2.24) is 9.88 Å². The van der Waals surface area contributed by atoms with E-state index in [-0.39, 0.29) is 0 Å². The molecule has 19 heavy (non-hydrogen) atoms. The van der Waals surface area contributed by atoms with Crippen molar-refractivity contribution in [1.29, 1.82) is 0 Å². The molecule has 0 bridgehead atoms. The van der Waals surface area contributed by atoms with E-state index in [2.05, 4.69) is 42.2 Å². The first-order valence-corrected chi connectivity index (χ1v) is 7.05. The second-order valence-electron chi connectivity index (χ2n) is 5.61. The average Bonchev–Trinajstić information content (AvgIpc) is 2.79. The van der Waals surface area contributed by atoms with Crippen molar-refractivity contribution in [2.75, 3.05) is 13.1 Å². The molecule has 100 valence electrons. The van der Waals surface area contributed by atoms with E-state index in [1.54, 1.807) is 0 Å². The molecular weight excluding hydrogens is 234 g/mol. The second-order valence-corrected chi connectivity index (χ2v) is 5.61. The van der Waals surface area contributed by atoms with Crippen LogP contribution >= 0.6 is 0 Å². The van der Waals surface area contributed by atoms with Gasteiger partial charge in [0.15, 0.2) is 0 Å². The smallest absolute Gasteiger partial charge is 0.0705 e. The van der Waals surface area contributed by atoms with Crippen LogP contribution in [0.1, 0.15) is 19.0 Å². The fraction of sp³-hybridized carbons (Fsp3) is 0.438. The molecule has 2 N–H and O–H groups in total. The van der Waals surface area contributed by atoms with E-state index in [0.717, 1.165) is 30.8 Å². The number of para-hydroxylation sites is 1. The van der Waals surface area contributed by atoms with Crippen LogP contribution in [0.15, 0.2) is 36.4 Å². The molecule has 0 spiro atoms. The van der Waals surface area contributed by atoms with Crippen molar-refractivity contribution in [3.63, 3.8) is 0 Å². The highest BCUT2D eigenvalue weighted by Gasteiger charge is 2.28. The van der Waals surface area contributed by atoms with Crippen LogP contribution in [0.5, 0.6) is 0 Å². The number of aromatic nitrogens is 1. The molecule has 3 rings (SSSR count). The summed E-state index contributed by atoms with van der Waals surface area (Å²) in [6.45, 7) is 5.12. The van der Waals surface area contributed by atoms with Gasteiger partial charge in [0.05, 0.1) is 11.2 Å². The van der Waals surface area contributed by atoms with Crippen LogP contribution in [0.3, 0.4) is 0 Å². The van der Waals surface area contributed by atoms with Crippen molar-refractivity contribution in [3.05, 3.63) is 42.1 Å². The number of benzene rings is 1. The molecule has 1 aliphatic heterocycles. The first-order chi connectivity index (χ1) is 9.26. The van der Waals surface area contributed by atoms with E-state index in [0.29, 0.717) is 12.0 Å². The molecular formula is C16H21N3. The quantitative estimate of drug-likeness (QED) is 0.915. The van der Waals surface area contributed by atoms with Crippen molar-refractivity contribution in [3.8, 4) is 0 Å². The molecule has 0 radical (unpaired) electrons. The number of hydrogen-bond donors (Lipinski definition) is 1. The Morgan fingerprint density at radius 2 is 2.11 bits per heavy atom. The predicted octanol–water partition coefficient (Wildman–Crippen LogP) is 2.40. The molecule has 0 aliphatic carbocycles. The summed E-state index contributed by atoms with van der Waals surface area (Å²) in [4.78, 5) is 7.25. The van der Waals surface area contributed by atoms with Crippen LogP contribution in [-0.2, 0) is 6.54 Å². The SMILES string of the molecule is CC1CC(CN)CN1Cc1ccc2ccccc2n1. The van der Waals surface area contributed by atoms with Crippen molar-refractivity contribution < 1.29 is 0 Å². The number of likely N-dealkylation sites (tertiary alicyclic amines) is 1. The normalized spacial score (nSPS) is 24.1. The van der Waals surface area contributed by atoms with Crippen LogP contribution in [0, 0.1) is 5.92 Å². The Morgan fingerprint density at radius 1 is 1.26 bits per heavy atom. The number of rotatable bonds is 3. The Kier molecular flexibility index (Phi) is 3.49. The van der Waals surface area contributed by atoms with Gasteiger partial charge in [-0.2, -0.15) is 0 Å². The van der Waals surface area contributed by atoms with Gasteiger partial charge in [0.2, 0.25) is 0 Å². The summed E-state index contributed by atoms with van der Waals surface area (Å²) in [6.07, 6.45) is 1.21. The highest BCUT2D eigenvalue weighted by atomic mass is 15.2. The van der Waals surface area contributed by atoms with Gasteiger partial charge < -0.3 is 5.73 Å². The number of nitrogens with two attached hydrogens (primary N) is 1. The third kappa shape index (κ3) is 2.62. The lowest BCUT2D eigenvalue weighted by atomic mass is 10.1. The first kappa shape index (κ1) is 12.6. The fourth-order valence-corrected chi connectivity index (χ4v) is 3.01. The van der Waals surface area contributed by atoms with Crippen LogP contribution < -0.4 is 5.73 Å². The van der Waals surface area contributed by atoms with Gasteiger partial charge >= 0.3 is 0 Å². The minimum absolute atomic E-state index is 0.613. The zero-order valence-electron chi connectivity index (χ0n) is 11.4. The summed E-state index contributed by atoms with van der Waals surface area (Å²) in [6, 6.07) is 13.2. The van der Waals surface area contributed by atoms with Crippen LogP contribution in [0.2, 0.25) is 0 Å². The lowest BCUT2D eigenvalue weighted by Crippen LogP contribution is -2.27. The minimum Gasteiger partial charge on any atom is -0.330 e. The van der Waals surface area contributed by atoms with Gasteiger partial charge in [-0.25, -0.2) is 0 Å². The predicted molar refractivity (Wildman–Crippen MR) is 78.8 cm³/mol. The van der Waals surface area contributed by atoms with E-state index in [1.165, 1.54) is 11.8 Å². The zero-order valence-corrected chi connectivity index (χ0v) is 11.4. The van der Waals surface area contributed by atoms with Crippen molar-refractivity contribution >= 4 is 10.9 Å². The van der Waals surface area contributed by atoms with Crippen LogP contribution in [-0.4, -0.2) is 29.0 Å². The van der Waals surface area contributed by atoms with Gasteiger partial charge in [0.1, 0.15) is 0 Å². The minimum atomic E-state index is 0.613. The number of nitrogens with zero attached hydrogens (tertiary/aromatic N) is 2. The Bertz CT molecular complexity index is 567. The summed E-state index contributed by atoms with van der Waals surface area (Å²) in [5.74, 6) is 0.649. The summed E-state index contributed by atoms with van der Waals surface area (Å²) >= 11 is 0. The summed E-state index contributed by atoms with van der Waals surface area (Å²) < 4.78 is 0. The monoisotopic (exact) mass is 255 g/mol. The second kappa shape index (κ2) is 5.27. The van der Waals surface area contributed by atoms with Crippen LogP contribution in [0.4, 0.5) is 0 Å². The molecule has 1 aromatic carbocycles. The molecule has 3 heteroatoms. The Morgan fingerprint density at radius 3 is 2.89 bits per heavy atom. The van der Waals surface area contributed by atoms with Gasteiger partial charge in [0.25, 0.3) is 0 Å². The van der Waals surface area contributed by atoms with Gasteiger partial charge in [-0.1, -0.05) is 24.3 Å². The Hall–Kier alpha value is -1.45. The third-order valence-corrected chi connectivity index (χ3v) is 4.15. The standard InChI is InChI=1S/C16H21N3/c1-12-8-13(9-17)10-19(12)11-15-7-6-14-4-2-3-5-16(14)18-15/h2-7,12-13H,8-11,17H2,1H3. The van der Waals surface area contributed by atoms with Crippen molar-refractivity contribution in [2.45, 2.75) is 25.9 Å². The van der Waals surface area contributed by atoms with Crippen LogP contribution in [0.25, 0.3) is 10.9 Å². The summed E-state index contributed by atoms with van der Waals surface area (Å²) in [7, 11) is 0. The highest BCUT2D eigenvalue weighted by Crippen LogP contribution is 2.24. The van der Waals surface area contributed by atoms with Crippen molar-refractivity contribution in [2.24, 2.45) is 11.7 Å². The fourth-order valence-electron chi connectivity index (χ4n) is 3.01. The molecule has 2 atom stereocenters. The largest absolute Gasteiger partial charge is 0.330 e. The number of hydrogen-bond acceptors (Lipinski definition) is 3. The summed E-state index contributed by atoms with van der Waals surface area (Å²) in [5.41, 5.74) is 8.02. The first-order valence-electron chi connectivity index (χ1n) is 7.05. The molecule has 0 saturated carbocycles. The maximum absolute atomic E-state index is 5.78. The lowest BCUT2D eigenvalue weighted by Gasteiger charge is -2.20. The van der Waals surface area contributed by atoms with E-state index >= 15 is 0 Å². The molecule has 1 saturated heterocycles. The zero-order chi connectivity index (χ0) is 13.2.